The lowest BCUT2D eigenvalue weighted by atomic mass is 10.1. The van der Waals surface area contributed by atoms with E-state index in [2.05, 4.69) is 15.5 Å². The van der Waals surface area contributed by atoms with Crippen molar-refractivity contribution < 1.29 is 30.8 Å². The highest BCUT2D eigenvalue weighted by molar-refractivity contribution is 7.89. The molecule has 0 saturated heterocycles. The molecule has 0 fully saturated rings. The number of hydrogen-bond donors (Lipinski definition) is 1. The Kier molecular flexibility index (Phi) is 6.89. The third-order valence-electron chi connectivity index (χ3n) is 4.70. The summed E-state index contributed by atoms with van der Waals surface area (Å²) >= 11 is 0. The molecule has 2 aromatic carbocycles. The van der Waals surface area contributed by atoms with Crippen molar-refractivity contribution >= 4 is 21.6 Å². The lowest BCUT2D eigenvalue weighted by Crippen LogP contribution is -2.23. The molecular weight excluding hydrogens is 461 g/mol. The fourth-order valence-electron chi connectivity index (χ4n) is 2.90. The molecule has 0 radical (unpaired) electrons. The van der Waals surface area contributed by atoms with Crippen molar-refractivity contribution in [3.05, 3.63) is 59.5 Å². The first-order valence-electron chi connectivity index (χ1n) is 9.71. The molecule has 0 atom stereocenters. The molecule has 0 aliphatic rings. The van der Waals surface area contributed by atoms with Gasteiger partial charge in [0.05, 0.1) is 10.5 Å². The molecule has 0 bridgehead atoms. The highest BCUT2D eigenvalue weighted by Gasteiger charge is 2.31. The van der Waals surface area contributed by atoms with Gasteiger partial charge in [-0.15, -0.1) is 10.2 Å². The van der Waals surface area contributed by atoms with Gasteiger partial charge in [0, 0.05) is 38.2 Å². The van der Waals surface area contributed by atoms with Gasteiger partial charge in [-0.05, 0) is 42.8 Å². The lowest BCUT2D eigenvalue weighted by molar-refractivity contribution is -0.137. The van der Waals surface area contributed by atoms with Crippen molar-refractivity contribution in [2.45, 2.75) is 30.8 Å². The van der Waals surface area contributed by atoms with Gasteiger partial charge in [0.1, 0.15) is 0 Å². The van der Waals surface area contributed by atoms with Crippen LogP contribution in [0.3, 0.4) is 0 Å². The van der Waals surface area contributed by atoms with E-state index in [1.54, 1.807) is 19.1 Å². The normalized spacial score (nSPS) is 12.2. The summed E-state index contributed by atoms with van der Waals surface area (Å²) < 4.78 is 70.0. The molecule has 3 rings (SSSR count). The summed E-state index contributed by atoms with van der Waals surface area (Å²) in [5, 5.41) is 10.1. The van der Waals surface area contributed by atoms with Crippen LogP contribution in [0.25, 0.3) is 11.5 Å². The highest BCUT2D eigenvalue weighted by Crippen LogP contribution is 2.32. The van der Waals surface area contributed by atoms with Gasteiger partial charge in [0.15, 0.2) is 0 Å². The number of carbonyl (C=O) groups is 1. The number of alkyl halides is 3. The first kappa shape index (κ1) is 24.4. The summed E-state index contributed by atoms with van der Waals surface area (Å²) in [6.45, 7) is 1.65. The number of hydrogen-bond acceptors (Lipinski definition) is 6. The number of aryl methyl sites for hydroxylation is 2. The molecule has 1 amide bonds. The van der Waals surface area contributed by atoms with E-state index >= 15 is 0 Å². The SMILES string of the molecule is Cc1ccc(NC(=O)CCc2nnc(-c3cccc(C(F)(F)F)c3)o2)cc1S(=O)(=O)N(C)C. The second kappa shape index (κ2) is 9.32. The molecule has 0 unspecified atom stereocenters. The molecule has 8 nitrogen and oxygen atoms in total. The van der Waals surface area contributed by atoms with E-state index in [4.69, 9.17) is 4.42 Å². The standard InChI is InChI=1S/C21H21F3N4O4S/c1-13-7-8-16(12-17(13)33(30,31)28(2)3)25-18(29)9-10-19-26-27-20(32-19)14-5-4-6-15(11-14)21(22,23)24/h4-8,11-12H,9-10H2,1-3H3,(H,25,29). The van der Waals surface area contributed by atoms with Crippen LogP contribution in [-0.2, 0) is 27.4 Å². The zero-order chi connectivity index (χ0) is 24.4. The summed E-state index contributed by atoms with van der Waals surface area (Å²) in [6, 6.07) is 9.04. The predicted molar refractivity (Wildman–Crippen MR) is 114 cm³/mol. The molecular formula is C21H21F3N4O4S. The molecule has 0 aliphatic carbocycles. The summed E-state index contributed by atoms with van der Waals surface area (Å²) in [4.78, 5) is 12.4. The van der Waals surface area contributed by atoms with Crippen molar-refractivity contribution in [1.82, 2.24) is 14.5 Å². The highest BCUT2D eigenvalue weighted by atomic mass is 32.2. The fraction of sp³-hybridized carbons (Fsp3) is 0.286. The minimum Gasteiger partial charge on any atom is -0.421 e. The number of sulfonamides is 1. The number of anilines is 1. The molecule has 33 heavy (non-hydrogen) atoms. The van der Waals surface area contributed by atoms with E-state index < -0.39 is 27.7 Å². The van der Waals surface area contributed by atoms with E-state index in [0.717, 1.165) is 16.4 Å². The maximum absolute atomic E-state index is 12.9. The van der Waals surface area contributed by atoms with Crippen LogP contribution in [0.5, 0.6) is 0 Å². The second-order valence-electron chi connectivity index (χ2n) is 7.40. The number of benzene rings is 2. The summed E-state index contributed by atoms with van der Waals surface area (Å²) in [5.74, 6) is -0.434. The van der Waals surface area contributed by atoms with Crippen molar-refractivity contribution in [2.75, 3.05) is 19.4 Å². The molecule has 1 heterocycles. The van der Waals surface area contributed by atoms with Crippen LogP contribution in [0.1, 0.15) is 23.4 Å². The second-order valence-corrected chi connectivity index (χ2v) is 9.52. The van der Waals surface area contributed by atoms with E-state index in [0.29, 0.717) is 11.3 Å². The average Bonchev–Trinajstić information content (AvgIpc) is 3.22. The third-order valence-corrected chi connectivity index (χ3v) is 6.66. The fourth-order valence-corrected chi connectivity index (χ4v) is 4.04. The van der Waals surface area contributed by atoms with Crippen LogP contribution in [0.15, 0.2) is 51.8 Å². The molecule has 12 heteroatoms. The lowest BCUT2D eigenvalue weighted by Gasteiger charge is -2.15. The Morgan fingerprint density at radius 3 is 2.52 bits per heavy atom. The smallest absolute Gasteiger partial charge is 0.416 e. The summed E-state index contributed by atoms with van der Waals surface area (Å²) in [7, 11) is -0.849. The van der Waals surface area contributed by atoms with E-state index in [9.17, 15) is 26.4 Å². The van der Waals surface area contributed by atoms with Crippen molar-refractivity contribution in [3.63, 3.8) is 0 Å². The van der Waals surface area contributed by atoms with E-state index in [1.165, 1.54) is 32.3 Å². The van der Waals surface area contributed by atoms with Crippen LogP contribution < -0.4 is 5.32 Å². The van der Waals surface area contributed by atoms with Gasteiger partial charge < -0.3 is 9.73 Å². The van der Waals surface area contributed by atoms with Crippen LogP contribution >= 0.6 is 0 Å². The van der Waals surface area contributed by atoms with Gasteiger partial charge >= 0.3 is 6.18 Å². The van der Waals surface area contributed by atoms with Crippen molar-refractivity contribution in [2.24, 2.45) is 0 Å². The van der Waals surface area contributed by atoms with Crippen LogP contribution in [0.4, 0.5) is 18.9 Å². The molecule has 1 N–H and O–H groups in total. The Morgan fingerprint density at radius 2 is 1.85 bits per heavy atom. The molecule has 0 saturated carbocycles. The maximum Gasteiger partial charge on any atom is 0.416 e. The Balaban J connectivity index is 1.66. The first-order chi connectivity index (χ1) is 15.4. The van der Waals surface area contributed by atoms with Gasteiger partial charge in [-0.3, -0.25) is 4.79 Å². The van der Waals surface area contributed by atoms with Crippen molar-refractivity contribution in [1.29, 1.82) is 0 Å². The van der Waals surface area contributed by atoms with Crippen LogP contribution in [0.2, 0.25) is 0 Å². The van der Waals surface area contributed by atoms with Crippen LogP contribution in [0, 0.1) is 6.92 Å². The van der Waals surface area contributed by atoms with Gasteiger partial charge in [-0.2, -0.15) is 13.2 Å². The number of nitrogens with one attached hydrogen (secondary N) is 1. The van der Waals surface area contributed by atoms with Gasteiger partial charge in [0.25, 0.3) is 0 Å². The Hall–Kier alpha value is -3.25. The zero-order valence-electron chi connectivity index (χ0n) is 18.0. The van der Waals surface area contributed by atoms with Crippen molar-refractivity contribution in [3.8, 4) is 11.5 Å². The average molecular weight is 482 g/mol. The number of rotatable bonds is 7. The number of nitrogens with zero attached hydrogens (tertiary/aromatic N) is 3. The molecule has 3 aromatic rings. The molecule has 1 aromatic heterocycles. The number of carbonyl (C=O) groups excluding carboxylic acids is 1. The Labute approximate surface area is 188 Å². The van der Waals surface area contributed by atoms with E-state index in [-0.39, 0.29) is 35.1 Å². The molecule has 0 spiro atoms. The predicted octanol–water partition coefficient (Wildman–Crippen LogP) is 3.89. The molecule has 176 valence electrons. The summed E-state index contributed by atoms with van der Waals surface area (Å²) in [6.07, 6.45) is -4.51. The number of amides is 1. The minimum atomic E-state index is -4.50. The first-order valence-corrected chi connectivity index (χ1v) is 11.1. The Morgan fingerprint density at radius 1 is 1.12 bits per heavy atom. The quantitative estimate of drug-likeness (QED) is 0.548. The van der Waals surface area contributed by atoms with Crippen LogP contribution in [-0.4, -0.2) is 42.9 Å². The topological polar surface area (TPSA) is 105 Å². The monoisotopic (exact) mass is 482 g/mol. The number of aromatic nitrogens is 2. The Bertz CT molecular complexity index is 1270. The van der Waals surface area contributed by atoms with Gasteiger partial charge in [-0.25, -0.2) is 12.7 Å². The van der Waals surface area contributed by atoms with E-state index in [1.807, 2.05) is 0 Å². The minimum absolute atomic E-state index is 0.0481. The number of halogens is 3. The maximum atomic E-state index is 12.9. The summed E-state index contributed by atoms with van der Waals surface area (Å²) in [5.41, 5.74) is 0.117. The van der Waals surface area contributed by atoms with Gasteiger partial charge in [-0.1, -0.05) is 12.1 Å². The third kappa shape index (κ3) is 5.76. The van der Waals surface area contributed by atoms with Gasteiger partial charge in [0.2, 0.25) is 27.7 Å². The zero-order valence-corrected chi connectivity index (χ0v) is 18.8. The molecule has 0 aliphatic heterocycles. The largest absolute Gasteiger partial charge is 0.421 e.